The van der Waals surface area contributed by atoms with Crippen LogP contribution < -0.4 is 0 Å². The van der Waals surface area contributed by atoms with Crippen molar-refractivity contribution in [2.24, 2.45) is 5.41 Å². The van der Waals surface area contributed by atoms with Crippen LogP contribution in [0.25, 0.3) is 0 Å². The van der Waals surface area contributed by atoms with Crippen molar-refractivity contribution in [2.75, 3.05) is 52.9 Å². The lowest BCUT2D eigenvalue weighted by molar-refractivity contribution is -0.520. The molecule has 0 radical (unpaired) electrons. The molecular weight excluding hydrogens is 930 g/mol. The van der Waals surface area contributed by atoms with Gasteiger partial charge in [0.2, 0.25) is 5.67 Å². The van der Waals surface area contributed by atoms with E-state index in [9.17, 15) is 45.5 Å². The molecule has 0 aliphatic rings. The minimum Gasteiger partial charge on any atom is -0.459 e. The Balaban J connectivity index is 8.18. The van der Waals surface area contributed by atoms with Gasteiger partial charge in [-0.2, -0.15) is 61.5 Å². The smallest absolute Gasteiger partial charge is 0.434 e. The van der Waals surface area contributed by atoms with Gasteiger partial charge in [0.1, 0.15) is 26.4 Å². The zero-order chi connectivity index (χ0) is 50.0. The first kappa shape index (κ1) is 58.4. The van der Waals surface area contributed by atoms with Crippen molar-refractivity contribution in [3.8, 4) is 0 Å². The number of hydrogen-bond donors (Lipinski definition) is 0. The number of halogens is 18. The third-order valence-corrected chi connectivity index (χ3v) is 7.61. The van der Waals surface area contributed by atoms with E-state index in [-0.39, 0.29) is 25.2 Å². The van der Waals surface area contributed by atoms with Gasteiger partial charge in [-0.25, -0.2) is 36.7 Å². The molecule has 0 aromatic heterocycles. The number of alkyl halides is 18. The number of esters is 4. The summed E-state index contributed by atoms with van der Waals surface area (Å²) in [6, 6.07) is 0. The molecule has 12 nitrogen and oxygen atoms in total. The molecule has 63 heavy (non-hydrogen) atoms. The number of carbonyl (C=O) groups excluding carboxylic acids is 4. The highest BCUT2D eigenvalue weighted by Gasteiger charge is 2.81. The van der Waals surface area contributed by atoms with Crippen LogP contribution in [0, 0.1) is 5.41 Å². The Morgan fingerprint density at radius 2 is 0.762 bits per heavy atom. The minimum atomic E-state index is -7.48. The Morgan fingerprint density at radius 3 is 1.14 bits per heavy atom. The topological polar surface area (TPSA) is 142 Å². The summed E-state index contributed by atoms with van der Waals surface area (Å²) in [5.41, 5.74) is -26.7. The van der Waals surface area contributed by atoms with Crippen LogP contribution in [0.2, 0.25) is 0 Å². The van der Waals surface area contributed by atoms with Crippen molar-refractivity contribution in [1.82, 2.24) is 0 Å². The molecule has 0 bridgehead atoms. The van der Waals surface area contributed by atoms with E-state index in [0.717, 1.165) is 0 Å². The number of hydrogen-bond acceptors (Lipinski definition) is 12. The van der Waals surface area contributed by atoms with Crippen LogP contribution in [0.4, 0.5) is 79.0 Å². The molecule has 0 saturated heterocycles. The number of ether oxygens (including phenoxy) is 8. The highest BCUT2D eigenvalue weighted by molar-refractivity contribution is 5.82. The van der Waals surface area contributed by atoms with Crippen molar-refractivity contribution < 1.29 is 136 Å². The molecule has 0 spiro atoms. The molecule has 0 aliphatic carbocycles. The van der Waals surface area contributed by atoms with Gasteiger partial charge in [-0.15, -0.1) is 0 Å². The van der Waals surface area contributed by atoms with Gasteiger partial charge in [0, 0.05) is 24.3 Å². The van der Waals surface area contributed by atoms with E-state index in [2.05, 4.69) is 64.2 Å². The van der Waals surface area contributed by atoms with Crippen LogP contribution in [0.1, 0.15) is 13.8 Å². The summed E-state index contributed by atoms with van der Waals surface area (Å²) in [6.07, 6.45) is -41.8. The van der Waals surface area contributed by atoms with Crippen LogP contribution in [0.15, 0.2) is 50.6 Å². The first-order chi connectivity index (χ1) is 28.1. The summed E-state index contributed by atoms with van der Waals surface area (Å²) >= 11 is 0. The maximum atomic E-state index is 16.3. The highest BCUT2D eigenvalue weighted by atomic mass is 19.4. The van der Waals surface area contributed by atoms with Gasteiger partial charge in [0.05, 0.1) is 26.4 Å². The lowest BCUT2D eigenvalue weighted by atomic mass is 9.85. The molecule has 0 amide bonds. The lowest BCUT2D eigenvalue weighted by Crippen LogP contribution is -2.69. The molecule has 0 rings (SSSR count). The molecule has 364 valence electrons. The van der Waals surface area contributed by atoms with Crippen LogP contribution in [-0.2, 0) is 57.1 Å². The van der Waals surface area contributed by atoms with Gasteiger partial charge in [-0.1, -0.05) is 26.3 Å². The van der Waals surface area contributed by atoms with Crippen molar-refractivity contribution in [1.29, 1.82) is 0 Å². The second kappa shape index (κ2) is 20.9. The van der Waals surface area contributed by atoms with Gasteiger partial charge < -0.3 is 28.4 Å². The summed E-state index contributed by atoms with van der Waals surface area (Å²) in [5.74, 6) is -7.37. The monoisotopic (exact) mass is 964 g/mol. The van der Waals surface area contributed by atoms with Gasteiger partial charge in [-0.3, -0.25) is 9.47 Å². The minimum absolute atomic E-state index is 0.0916. The van der Waals surface area contributed by atoms with E-state index >= 15 is 52.7 Å². The third-order valence-electron chi connectivity index (χ3n) is 7.61. The van der Waals surface area contributed by atoms with Crippen LogP contribution >= 0.6 is 0 Å². The summed E-state index contributed by atoms with van der Waals surface area (Å²) in [4.78, 5) is 45.2. The van der Waals surface area contributed by atoms with E-state index in [1.54, 1.807) is 0 Å². The molecule has 0 aliphatic heterocycles. The first-order valence-electron chi connectivity index (χ1n) is 16.3. The number of carbonyl (C=O) groups is 4. The van der Waals surface area contributed by atoms with E-state index in [0.29, 0.717) is 6.08 Å². The molecule has 0 N–H and O–H groups in total. The molecule has 30 heteroatoms. The zero-order valence-electron chi connectivity index (χ0n) is 32.0. The molecule has 0 heterocycles. The average molecular weight is 965 g/mol. The van der Waals surface area contributed by atoms with E-state index in [1.165, 1.54) is 0 Å². The third kappa shape index (κ3) is 14.7. The van der Waals surface area contributed by atoms with Crippen LogP contribution in [-0.4, -0.2) is 136 Å². The molecule has 0 aromatic carbocycles. The van der Waals surface area contributed by atoms with E-state index < -0.39 is 149 Å². The van der Waals surface area contributed by atoms with Crippen molar-refractivity contribution >= 4 is 23.9 Å². The van der Waals surface area contributed by atoms with Crippen molar-refractivity contribution in [2.45, 2.75) is 73.3 Å². The molecule has 5 atom stereocenters. The molecule has 0 aromatic rings. The highest BCUT2D eigenvalue weighted by Crippen LogP contribution is 2.58. The molecule has 5 unspecified atom stereocenters. The van der Waals surface area contributed by atoms with Gasteiger partial charge >= 0.3 is 66.3 Å². The van der Waals surface area contributed by atoms with Crippen LogP contribution in [0.3, 0.4) is 0 Å². The Bertz CT molecular complexity index is 1650. The first-order valence-corrected chi connectivity index (χ1v) is 16.3. The standard InChI is InChI=1S/C33H34F18O12/c1-7-19(52)58-12-23(5,34)11-56-14-25(15-57-16-26(36,28(38,39)40)17-60-21(54)9-3,31(46,47)62-30(44,45)24(6,35)13-59-20(53)8-2)32(48,49)63-33(50,51)27(37,29(41,42)43)18-61-22(55)10-4/h7-10H,1-4,11-18H2,5-6H3. The fraction of sp³-hybridized carbons (Fsp3) is 0.636. The predicted molar refractivity (Wildman–Crippen MR) is 169 cm³/mol. The van der Waals surface area contributed by atoms with E-state index in [1.807, 2.05) is 0 Å². The SMILES string of the molecule is C=CC(=O)OCC(C)(F)COCC(COCC(F)(COC(=O)C=C)C(F)(F)F)(C(F)(F)OC(F)(F)C(C)(F)COC(=O)C=C)C(F)(F)OC(F)(F)C(F)(COC(=O)C=C)C(F)(F)F. The number of rotatable bonds is 28. The molecular formula is C33H34F18O12. The molecule has 0 fully saturated rings. The Kier molecular flexibility index (Phi) is 19.4. The van der Waals surface area contributed by atoms with Gasteiger partial charge in [0.15, 0.2) is 11.1 Å². The Morgan fingerprint density at radius 1 is 0.413 bits per heavy atom. The van der Waals surface area contributed by atoms with Crippen molar-refractivity contribution in [3.05, 3.63) is 50.6 Å². The second-order valence-electron chi connectivity index (χ2n) is 13.0. The molecule has 0 saturated carbocycles. The maximum Gasteiger partial charge on any atom is 0.434 e. The normalized spacial score (nSPS) is 17.8. The summed E-state index contributed by atoms with van der Waals surface area (Å²) in [6.45, 7) is -11.4. The van der Waals surface area contributed by atoms with Crippen molar-refractivity contribution in [3.63, 3.8) is 0 Å². The lowest BCUT2D eigenvalue weighted by Gasteiger charge is -2.46. The fourth-order valence-corrected chi connectivity index (χ4v) is 3.76. The average Bonchev–Trinajstić information content (AvgIpc) is 3.13. The van der Waals surface area contributed by atoms with Crippen LogP contribution in [0.5, 0.6) is 0 Å². The summed E-state index contributed by atoms with van der Waals surface area (Å²) in [5, 5.41) is 0. The maximum absolute atomic E-state index is 16.3. The Hall–Kier alpha value is -4.58. The predicted octanol–water partition coefficient (Wildman–Crippen LogP) is 7.32. The fourth-order valence-electron chi connectivity index (χ4n) is 3.76. The van der Waals surface area contributed by atoms with Gasteiger partial charge in [0.25, 0.3) is 5.67 Å². The quantitative estimate of drug-likeness (QED) is 0.0336. The summed E-state index contributed by atoms with van der Waals surface area (Å²) in [7, 11) is 0. The van der Waals surface area contributed by atoms with E-state index in [4.69, 9.17) is 0 Å². The second-order valence-corrected chi connectivity index (χ2v) is 13.0. The largest absolute Gasteiger partial charge is 0.459 e. The Labute approximate surface area is 342 Å². The zero-order valence-corrected chi connectivity index (χ0v) is 32.0. The summed E-state index contributed by atoms with van der Waals surface area (Å²) < 4.78 is 299. The van der Waals surface area contributed by atoms with Gasteiger partial charge in [-0.05, 0) is 13.8 Å².